The Kier molecular flexibility index (Phi) is 5.43. The van der Waals surface area contributed by atoms with Crippen molar-refractivity contribution in [1.29, 1.82) is 0 Å². The van der Waals surface area contributed by atoms with Gasteiger partial charge < -0.3 is 20.0 Å². The predicted octanol–water partition coefficient (Wildman–Crippen LogP) is 2.34. The van der Waals surface area contributed by atoms with Gasteiger partial charge in [-0.05, 0) is 36.4 Å². The van der Waals surface area contributed by atoms with Crippen molar-refractivity contribution in [3.63, 3.8) is 0 Å². The van der Waals surface area contributed by atoms with E-state index in [1.807, 2.05) is 6.07 Å². The van der Waals surface area contributed by atoms with Crippen LogP contribution in [0.3, 0.4) is 0 Å². The molecule has 0 amide bonds. The molecular formula is C21H19ClN4O5. The van der Waals surface area contributed by atoms with E-state index in [1.54, 1.807) is 44.6 Å². The van der Waals surface area contributed by atoms with E-state index in [0.717, 1.165) is 10.1 Å². The fourth-order valence-corrected chi connectivity index (χ4v) is 3.71. The van der Waals surface area contributed by atoms with Crippen molar-refractivity contribution in [2.24, 2.45) is 5.10 Å². The van der Waals surface area contributed by atoms with Crippen LogP contribution in [0, 0.1) is 0 Å². The molecule has 0 radical (unpaired) electrons. The molecule has 0 saturated heterocycles. The lowest BCUT2D eigenvalue weighted by Crippen LogP contribution is -2.33. The van der Waals surface area contributed by atoms with E-state index < -0.39 is 17.1 Å². The average Bonchev–Trinajstić information content (AvgIpc) is 3.22. The van der Waals surface area contributed by atoms with Gasteiger partial charge in [-0.1, -0.05) is 17.7 Å². The standard InChI is InChI=1S/C21H19ClN4O5/c1-30-13-6-7-17(31-2)14(9-13)15-10-16(25-24-15)18-19(27)23-21(29)26(20(18)28)12-5-3-4-11(22)8-12/h3-9,15,24,28H,10H2,1-2H3,(H,23,27,29). The van der Waals surface area contributed by atoms with Gasteiger partial charge in [0, 0.05) is 17.0 Å². The first kappa shape index (κ1) is 20.5. The number of hydrazone groups is 1. The van der Waals surface area contributed by atoms with E-state index >= 15 is 0 Å². The van der Waals surface area contributed by atoms with E-state index in [-0.39, 0.29) is 18.0 Å². The molecular weight excluding hydrogens is 424 g/mol. The Labute approximate surface area is 181 Å². The molecule has 1 atom stereocenters. The highest BCUT2D eigenvalue weighted by Gasteiger charge is 2.29. The molecule has 10 heteroatoms. The Morgan fingerprint density at radius 3 is 2.68 bits per heavy atom. The van der Waals surface area contributed by atoms with Gasteiger partial charge in [0.1, 0.15) is 17.1 Å². The second-order valence-corrected chi connectivity index (χ2v) is 7.26. The first-order valence-electron chi connectivity index (χ1n) is 9.31. The maximum Gasteiger partial charge on any atom is 0.335 e. The minimum Gasteiger partial charge on any atom is -0.497 e. The molecule has 0 aliphatic carbocycles. The molecule has 2 heterocycles. The summed E-state index contributed by atoms with van der Waals surface area (Å²) >= 11 is 6.01. The molecule has 4 rings (SSSR count). The van der Waals surface area contributed by atoms with E-state index in [0.29, 0.717) is 27.9 Å². The lowest BCUT2D eigenvalue weighted by Gasteiger charge is -2.16. The van der Waals surface area contributed by atoms with Crippen LogP contribution in [0.15, 0.2) is 57.2 Å². The molecule has 1 unspecified atom stereocenters. The van der Waals surface area contributed by atoms with Crippen molar-refractivity contribution in [2.45, 2.75) is 12.5 Å². The summed E-state index contributed by atoms with van der Waals surface area (Å²) in [6, 6.07) is 11.4. The van der Waals surface area contributed by atoms with Crippen LogP contribution in [-0.4, -0.2) is 34.6 Å². The molecule has 0 fully saturated rings. The van der Waals surface area contributed by atoms with Crippen LogP contribution >= 0.6 is 11.6 Å². The van der Waals surface area contributed by atoms with Gasteiger partial charge in [-0.3, -0.25) is 9.78 Å². The topological polar surface area (TPSA) is 118 Å². The summed E-state index contributed by atoms with van der Waals surface area (Å²) < 4.78 is 11.7. The maximum atomic E-state index is 12.6. The third-order valence-corrected chi connectivity index (χ3v) is 5.24. The van der Waals surface area contributed by atoms with Crippen LogP contribution in [0.5, 0.6) is 17.4 Å². The third kappa shape index (κ3) is 3.75. The van der Waals surface area contributed by atoms with E-state index in [9.17, 15) is 14.7 Å². The fourth-order valence-electron chi connectivity index (χ4n) is 3.53. The van der Waals surface area contributed by atoms with Crippen molar-refractivity contribution in [3.8, 4) is 23.1 Å². The number of halogens is 1. The number of hydrogen-bond acceptors (Lipinski definition) is 7. The number of rotatable bonds is 5. The Hall–Kier alpha value is -3.72. The zero-order valence-electron chi connectivity index (χ0n) is 16.7. The molecule has 0 saturated carbocycles. The van der Waals surface area contributed by atoms with Gasteiger partial charge in [-0.25, -0.2) is 9.36 Å². The van der Waals surface area contributed by atoms with E-state index in [2.05, 4.69) is 15.5 Å². The van der Waals surface area contributed by atoms with Crippen molar-refractivity contribution in [3.05, 3.63) is 79.5 Å². The quantitative estimate of drug-likeness (QED) is 0.558. The van der Waals surface area contributed by atoms with E-state index in [4.69, 9.17) is 21.1 Å². The van der Waals surface area contributed by atoms with Crippen LogP contribution in [-0.2, 0) is 0 Å². The maximum absolute atomic E-state index is 12.6. The van der Waals surface area contributed by atoms with Crippen molar-refractivity contribution in [1.82, 2.24) is 15.0 Å². The number of ether oxygens (including phenoxy) is 2. The van der Waals surface area contributed by atoms with Crippen LogP contribution in [0.25, 0.3) is 5.69 Å². The molecule has 9 nitrogen and oxygen atoms in total. The Morgan fingerprint density at radius 1 is 1.16 bits per heavy atom. The summed E-state index contributed by atoms with van der Waals surface area (Å²) in [5.74, 6) is 0.743. The molecule has 3 N–H and O–H groups in total. The Balaban J connectivity index is 1.75. The van der Waals surface area contributed by atoms with Gasteiger partial charge >= 0.3 is 5.69 Å². The highest BCUT2D eigenvalue weighted by atomic mass is 35.5. The number of H-pyrrole nitrogens is 1. The fraction of sp³-hybridized carbons (Fsp3) is 0.190. The number of aromatic amines is 1. The molecule has 31 heavy (non-hydrogen) atoms. The average molecular weight is 443 g/mol. The van der Waals surface area contributed by atoms with Gasteiger partial charge in [0.2, 0.25) is 5.88 Å². The number of hydrogen-bond donors (Lipinski definition) is 3. The smallest absolute Gasteiger partial charge is 0.335 e. The van der Waals surface area contributed by atoms with Gasteiger partial charge in [0.05, 0.1) is 31.7 Å². The molecule has 1 aliphatic rings. The van der Waals surface area contributed by atoms with Gasteiger partial charge in [0.25, 0.3) is 5.56 Å². The normalized spacial score (nSPS) is 15.3. The second-order valence-electron chi connectivity index (χ2n) is 6.83. The summed E-state index contributed by atoms with van der Waals surface area (Å²) in [5, 5.41) is 15.5. The molecule has 2 aromatic carbocycles. The summed E-state index contributed by atoms with van der Waals surface area (Å²) in [4.78, 5) is 27.2. The Morgan fingerprint density at radius 2 is 1.97 bits per heavy atom. The number of nitrogens with one attached hydrogen (secondary N) is 2. The summed E-state index contributed by atoms with van der Waals surface area (Å²) in [6.07, 6.45) is 0.272. The number of benzene rings is 2. The minimum absolute atomic E-state index is 0.101. The minimum atomic E-state index is -0.786. The molecule has 1 aromatic heterocycles. The van der Waals surface area contributed by atoms with Gasteiger partial charge in [0.15, 0.2) is 0 Å². The summed E-state index contributed by atoms with van der Waals surface area (Å²) in [5.41, 5.74) is 2.73. The lowest BCUT2D eigenvalue weighted by molar-refractivity contribution is 0.392. The van der Waals surface area contributed by atoms with Crippen molar-refractivity contribution < 1.29 is 14.6 Å². The SMILES string of the molecule is COc1ccc(OC)c(C2CC(c3c(O)n(-c4cccc(Cl)c4)c(=O)[nH]c3=O)=NN2)c1. The van der Waals surface area contributed by atoms with Crippen LogP contribution in [0.1, 0.15) is 23.6 Å². The highest BCUT2D eigenvalue weighted by molar-refractivity contribution is 6.30. The zero-order chi connectivity index (χ0) is 22.1. The molecule has 160 valence electrons. The number of methoxy groups -OCH3 is 2. The summed E-state index contributed by atoms with van der Waals surface area (Å²) in [6.45, 7) is 0. The first-order valence-corrected chi connectivity index (χ1v) is 9.69. The van der Waals surface area contributed by atoms with Crippen LogP contribution in [0.4, 0.5) is 0 Å². The second kappa shape index (κ2) is 8.19. The largest absolute Gasteiger partial charge is 0.497 e. The van der Waals surface area contributed by atoms with E-state index in [1.165, 1.54) is 6.07 Å². The van der Waals surface area contributed by atoms with Crippen molar-refractivity contribution >= 4 is 17.3 Å². The van der Waals surface area contributed by atoms with Gasteiger partial charge in [-0.15, -0.1) is 0 Å². The molecule has 0 spiro atoms. The number of aromatic hydroxyl groups is 1. The third-order valence-electron chi connectivity index (χ3n) is 5.01. The predicted molar refractivity (Wildman–Crippen MR) is 116 cm³/mol. The summed E-state index contributed by atoms with van der Waals surface area (Å²) in [7, 11) is 3.12. The molecule has 0 bridgehead atoms. The first-order chi connectivity index (χ1) is 14.9. The van der Waals surface area contributed by atoms with Gasteiger partial charge in [-0.2, -0.15) is 5.10 Å². The highest BCUT2D eigenvalue weighted by Crippen LogP contribution is 2.34. The van der Waals surface area contributed by atoms with Crippen molar-refractivity contribution in [2.75, 3.05) is 14.2 Å². The Bertz CT molecular complexity index is 1300. The van der Waals surface area contributed by atoms with Crippen LogP contribution < -0.4 is 26.1 Å². The molecule has 3 aromatic rings. The monoisotopic (exact) mass is 442 g/mol. The number of aromatic nitrogens is 2. The van der Waals surface area contributed by atoms with Crippen LogP contribution in [0.2, 0.25) is 5.02 Å². The lowest BCUT2D eigenvalue weighted by atomic mass is 9.99. The number of nitrogens with zero attached hydrogens (tertiary/aromatic N) is 2. The zero-order valence-corrected chi connectivity index (χ0v) is 17.4. The molecule has 1 aliphatic heterocycles.